The minimum atomic E-state index is -5.37. The summed E-state index contributed by atoms with van der Waals surface area (Å²) in [6, 6.07) is 0. The van der Waals surface area contributed by atoms with Gasteiger partial charge < -0.3 is 39.5 Å². The first-order valence-corrected chi connectivity index (χ1v) is 17.8. The number of nitrogens with two attached hydrogens (primary N) is 1. The van der Waals surface area contributed by atoms with Crippen molar-refractivity contribution in [3.8, 4) is 0 Å². The molecule has 0 aromatic heterocycles. The van der Waals surface area contributed by atoms with Gasteiger partial charge in [-0.3, -0.25) is 9.13 Å². The van der Waals surface area contributed by atoms with E-state index in [9.17, 15) is 28.9 Å². The Balaban J connectivity index is 3.87. The molecule has 0 heterocycles. The number of rotatable bonds is 28. The van der Waals surface area contributed by atoms with Crippen molar-refractivity contribution >= 4 is 15.2 Å². The highest BCUT2D eigenvalue weighted by Gasteiger charge is 2.60. The zero-order valence-corrected chi connectivity index (χ0v) is 25.7. The molecule has 0 rings (SSSR count). The van der Waals surface area contributed by atoms with E-state index in [1.165, 1.54) is 90.6 Å². The highest BCUT2D eigenvalue weighted by molar-refractivity contribution is 7.72. The zero-order valence-electron chi connectivity index (χ0n) is 23.9. The second-order valence-corrected chi connectivity index (χ2v) is 14.5. The van der Waals surface area contributed by atoms with Gasteiger partial charge in [-0.05, 0) is 19.4 Å². The van der Waals surface area contributed by atoms with Crippen LogP contribution in [0.5, 0.6) is 0 Å². The Morgan fingerprint density at radius 3 is 1.58 bits per heavy atom. The van der Waals surface area contributed by atoms with Crippen LogP contribution in [0.1, 0.15) is 122 Å². The molecule has 0 amide bonds. The van der Waals surface area contributed by atoms with Crippen molar-refractivity contribution in [1.29, 1.82) is 0 Å². The van der Waals surface area contributed by atoms with Gasteiger partial charge in [0.25, 0.3) is 5.08 Å². The maximum atomic E-state index is 12.5. The monoisotopic (exact) mass is 589 g/mol. The molecule has 0 fully saturated rings. The second kappa shape index (κ2) is 22.8. The van der Waals surface area contributed by atoms with Gasteiger partial charge in [0, 0.05) is 20.1 Å². The topological polar surface area (TPSA) is 169 Å². The van der Waals surface area contributed by atoms with E-state index in [0.29, 0.717) is 6.61 Å². The summed E-state index contributed by atoms with van der Waals surface area (Å²) < 4.78 is 39.9. The summed E-state index contributed by atoms with van der Waals surface area (Å²) >= 11 is 0. The molecule has 0 aliphatic rings. The summed E-state index contributed by atoms with van der Waals surface area (Å²) in [7, 11) is -9.11. The van der Waals surface area contributed by atoms with Gasteiger partial charge in [-0.25, -0.2) is 0 Å². The molecule has 38 heavy (non-hydrogen) atoms. The highest BCUT2D eigenvalue weighted by Crippen LogP contribution is 2.71. The van der Waals surface area contributed by atoms with Crippen molar-refractivity contribution in [3.63, 3.8) is 0 Å². The Morgan fingerprint density at radius 2 is 1.18 bits per heavy atom. The normalized spacial score (nSPS) is 16.3. The third kappa shape index (κ3) is 17.1. The SMILES string of the molecule is CCCCCCCCCCCCCCCCCCOC[C@H](COP(=O)(O)C(O)(CCCN)P(=O)(O)O)OC. The van der Waals surface area contributed by atoms with Gasteiger partial charge in [-0.1, -0.05) is 103 Å². The van der Waals surface area contributed by atoms with Crippen LogP contribution in [0.15, 0.2) is 0 Å². The Morgan fingerprint density at radius 1 is 0.737 bits per heavy atom. The van der Waals surface area contributed by atoms with Gasteiger partial charge in [0.2, 0.25) is 0 Å². The molecule has 0 radical (unpaired) electrons. The summed E-state index contributed by atoms with van der Waals surface area (Å²) in [4.78, 5) is 29.0. The van der Waals surface area contributed by atoms with Crippen LogP contribution < -0.4 is 5.73 Å². The van der Waals surface area contributed by atoms with Crippen LogP contribution in [0.2, 0.25) is 0 Å². The fourth-order valence-corrected chi connectivity index (χ4v) is 7.18. The van der Waals surface area contributed by atoms with E-state index in [0.717, 1.165) is 19.3 Å². The molecule has 0 aliphatic carbocycles. The summed E-state index contributed by atoms with van der Waals surface area (Å²) in [5.74, 6) is 0. The standard InChI is InChI=1S/C26H57NO9P2/c1-3-4-5-6-7-8-9-10-11-12-13-14-15-16-17-18-22-35-23-25(34-2)24-36-38(32,33)26(28,20-19-21-27)37(29,30)31/h25,28H,3-24,27H2,1-2H3,(H,32,33)(H2,29,30,31)/t25-,26?/m1/s1. The second-order valence-electron chi connectivity index (χ2n) is 10.3. The Labute approximate surface area is 231 Å². The smallest absolute Gasteiger partial charge is 0.372 e. The van der Waals surface area contributed by atoms with Crippen LogP contribution in [0.4, 0.5) is 0 Å². The molecule has 0 spiro atoms. The summed E-state index contributed by atoms with van der Waals surface area (Å²) in [6.07, 6.45) is 19.2. The number of hydrogen-bond donors (Lipinski definition) is 5. The lowest BCUT2D eigenvalue weighted by atomic mass is 10.0. The third-order valence-corrected chi connectivity index (χ3v) is 11.2. The van der Waals surface area contributed by atoms with E-state index in [1.54, 1.807) is 0 Å². The Bertz CT molecular complexity index is 650. The van der Waals surface area contributed by atoms with Gasteiger partial charge in [0.05, 0.1) is 13.2 Å². The molecule has 0 aromatic carbocycles. The molecule has 2 unspecified atom stereocenters. The van der Waals surface area contributed by atoms with Crippen LogP contribution in [0, 0.1) is 0 Å². The summed E-state index contributed by atoms with van der Waals surface area (Å²) in [5.41, 5.74) is 5.31. The van der Waals surface area contributed by atoms with Crippen molar-refractivity contribution < 1.29 is 42.9 Å². The summed E-state index contributed by atoms with van der Waals surface area (Å²) in [6.45, 7) is 2.38. The molecule has 3 atom stereocenters. The molecule has 0 aliphatic heterocycles. The summed E-state index contributed by atoms with van der Waals surface area (Å²) in [5, 5.41) is 7.09. The fraction of sp³-hybridized carbons (Fsp3) is 1.00. The molecule has 12 heteroatoms. The number of hydrogen-bond acceptors (Lipinski definition) is 7. The lowest BCUT2D eigenvalue weighted by molar-refractivity contribution is -0.0204. The van der Waals surface area contributed by atoms with E-state index in [2.05, 4.69) is 6.92 Å². The van der Waals surface area contributed by atoms with Crippen LogP contribution in [-0.2, 0) is 23.1 Å². The van der Waals surface area contributed by atoms with Crippen LogP contribution >= 0.6 is 15.2 Å². The number of ether oxygens (including phenoxy) is 2. The van der Waals surface area contributed by atoms with Crippen LogP contribution in [0.25, 0.3) is 0 Å². The molecule has 10 nitrogen and oxygen atoms in total. The van der Waals surface area contributed by atoms with Gasteiger partial charge in [0.1, 0.15) is 6.10 Å². The Hall–Kier alpha value is 0.140. The first-order valence-electron chi connectivity index (χ1n) is 14.6. The highest BCUT2D eigenvalue weighted by atomic mass is 31.2. The zero-order chi connectivity index (χ0) is 28.8. The van der Waals surface area contributed by atoms with Crippen molar-refractivity contribution in [1.82, 2.24) is 0 Å². The fourth-order valence-electron chi connectivity index (χ4n) is 4.23. The lowest BCUT2D eigenvalue weighted by Crippen LogP contribution is -2.32. The number of aliphatic hydroxyl groups is 1. The predicted octanol–water partition coefficient (Wildman–Crippen LogP) is 6.04. The minimum Gasteiger partial charge on any atom is -0.379 e. The van der Waals surface area contributed by atoms with Crippen molar-refractivity contribution in [2.45, 2.75) is 134 Å². The average Bonchev–Trinajstić information content (AvgIpc) is 2.87. The van der Waals surface area contributed by atoms with E-state index >= 15 is 0 Å². The largest absolute Gasteiger partial charge is 0.379 e. The molecule has 230 valence electrons. The molecular weight excluding hydrogens is 532 g/mol. The Kier molecular flexibility index (Phi) is 22.9. The van der Waals surface area contributed by atoms with E-state index in [4.69, 9.17) is 19.7 Å². The third-order valence-electron chi connectivity index (χ3n) is 6.85. The maximum absolute atomic E-state index is 12.5. The number of methoxy groups -OCH3 is 1. The molecule has 0 bridgehead atoms. The first kappa shape index (κ1) is 38.1. The molecule has 0 saturated heterocycles. The molecular formula is C26H57NO9P2. The van der Waals surface area contributed by atoms with Crippen molar-refractivity contribution in [2.24, 2.45) is 5.73 Å². The van der Waals surface area contributed by atoms with Gasteiger partial charge in [0.15, 0.2) is 0 Å². The predicted molar refractivity (Wildman–Crippen MR) is 152 cm³/mol. The van der Waals surface area contributed by atoms with Gasteiger partial charge >= 0.3 is 15.2 Å². The van der Waals surface area contributed by atoms with Crippen molar-refractivity contribution in [2.75, 3.05) is 33.5 Å². The number of unbranched alkanes of at least 4 members (excludes halogenated alkanes) is 15. The van der Waals surface area contributed by atoms with Gasteiger partial charge in [-0.15, -0.1) is 0 Å². The van der Waals surface area contributed by atoms with Crippen molar-refractivity contribution in [3.05, 3.63) is 0 Å². The van der Waals surface area contributed by atoms with E-state index in [-0.39, 0.29) is 19.6 Å². The van der Waals surface area contributed by atoms with E-state index in [1.807, 2.05) is 0 Å². The first-order chi connectivity index (χ1) is 18.1. The molecule has 0 aromatic rings. The molecule has 6 N–H and O–H groups in total. The van der Waals surface area contributed by atoms with E-state index < -0.39 is 39.4 Å². The van der Waals surface area contributed by atoms with Crippen LogP contribution in [-0.4, -0.2) is 64.4 Å². The molecule has 0 saturated carbocycles. The van der Waals surface area contributed by atoms with Gasteiger partial charge in [-0.2, -0.15) is 0 Å². The lowest BCUT2D eigenvalue weighted by Gasteiger charge is -2.32. The maximum Gasteiger partial charge on any atom is 0.372 e. The minimum absolute atomic E-state index is 0.0177. The van der Waals surface area contributed by atoms with Crippen LogP contribution in [0.3, 0.4) is 0 Å². The average molecular weight is 590 g/mol. The quantitative estimate of drug-likeness (QED) is 0.0535.